The summed E-state index contributed by atoms with van der Waals surface area (Å²) in [5.41, 5.74) is 2.10. The van der Waals surface area contributed by atoms with Gasteiger partial charge in [0, 0.05) is 6.54 Å². The Hall–Kier alpha value is -2.36. The van der Waals surface area contributed by atoms with Gasteiger partial charge in [-0.1, -0.05) is 43.3 Å². The fraction of sp³-hybridized carbons (Fsp3) is 0.294. The Morgan fingerprint density at radius 3 is 2.76 bits per heavy atom. The lowest BCUT2D eigenvalue weighted by Gasteiger charge is -2.10. The standard InChI is InChI=1S/C17H21N3O/c1-3-11-18-16-14(2)17(20-13-19-16)21-12-7-10-15-8-5-4-6-9-15/h4-10,13H,3,11-12H2,1-2H3,(H,18,19,20)/b10-7+. The molecule has 0 aliphatic carbocycles. The molecule has 1 aromatic carbocycles. The first-order chi connectivity index (χ1) is 10.3. The maximum atomic E-state index is 5.70. The molecule has 0 atom stereocenters. The van der Waals surface area contributed by atoms with Crippen LogP contribution in [0.4, 0.5) is 5.82 Å². The molecule has 110 valence electrons. The lowest BCUT2D eigenvalue weighted by Crippen LogP contribution is -2.07. The third-order valence-electron chi connectivity index (χ3n) is 3.01. The number of aromatic nitrogens is 2. The molecular weight excluding hydrogens is 262 g/mol. The molecule has 4 heteroatoms. The molecule has 4 nitrogen and oxygen atoms in total. The Bertz CT molecular complexity index is 582. The Morgan fingerprint density at radius 2 is 2.00 bits per heavy atom. The number of nitrogens with one attached hydrogen (secondary N) is 1. The van der Waals surface area contributed by atoms with E-state index >= 15 is 0 Å². The highest BCUT2D eigenvalue weighted by atomic mass is 16.5. The van der Waals surface area contributed by atoms with Crippen LogP contribution in [0, 0.1) is 6.92 Å². The first kappa shape index (κ1) is 15.0. The van der Waals surface area contributed by atoms with Gasteiger partial charge in [0.2, 0.25) is 5.88 Å². The first-order valence-corrected chi connectivity index (χ1v) is 7.21. The Labute approximate surface area is 125 Å². The summed E-state index contributed by atoms with van der Waals surface area (Å²) >= 11 is 0. The van der Waals surface area contributed by atoms with E-state index in [9.17, 15) is 0 Å². The molecular formula is C17H21N3O. The summed E-state index contributed by atoms with van der Waals surface area (Å²) in [6.07, 6.45) is 6.60. The quantitative estimate of drug-likeness (QED) is 0.841. The zero-order valence-corrected chi connectivity index (χ0v) is 12.5. The Morgan fingerprint density at radius 1 is 1.19 bits per heavy atom. The number of ether oxygens (including phenoxy) is 1. The van der Waals surface area contributed by atoms with Gasteiger partial charge in [-0.2, -0.15) is 0 Å². The number of nitrogens with zero attached hydrogens (tertiary/aromatic N) is 2. The van der Waals surface area contributed by atoms with Crippen molar-refractivity contribution in [1.29, 1.82) is 0 Å². The number of hydrogen-bond acceptors (Lipinski definition) is 4. The average molecular weight is 283 g/mol. The van der Waals surface area contributed by atoms with E-state index in [0.717, 1.165) is 29.9 Å². The highest BCUT2D eigenvalue weighted by Gasteiger charge is 2.06. The van der Waals surface area contributed by atoms with Crippen LogP contribution >= 0.6 is 0 Å². The average Bonchev–Trinajstić information content (AvgIpc) is 2.53. The second kappa shape index (κ2) is 8.04. The molecule has 0 saturated carbocycles. The molecule has 0 fully saturated rings. The second-order valence-corrected chi connectivity index (χ2v) is 4.70. The summed E-state index contributed by atoms with van der Waals surface area (Å²) in [4.78, 5) is 8.42. The maximum absolute atomic E-state index is 5.70. The van der Waals surface area contributed by atoms with Crippen molar-refractivity contribution in [3.8, 4) is 5.88 Å². The highest BCUT2D eigenvalue weighted by molar-refractivity contribution is 5.49. The molecule has 0 radical (unpaired) electrons. The van der Waals surface area contributed by atoms with Gasteiger partial charge >= 0.3 is 0 Å². The van der Waals surface area contributed by atoms with Gasteiger partial charge in [0.05, 0.1) is 5.56 Å². The molecule has 0 aliphatic rings. The van der Waals surface area contributed by atoms with Crippen molar-refractivity contribution in [2.24, 2.45) is 0 Å². The van der Waals surface area contributed by atoms with E-state index in [4.69, 9.17) is 4.74 Å². The summed E-state index contributed by atoms with van der Waals surface area (Å²) in [6.45, 7) is 5.47. The monoisotopic (exact) mass is 283 g/mol. The lowest BCUT2D eigenvalue weighted by atomic mass is 10.2. The molecule has 1 heterocycles. The van der Waals surface area contributed by atoms with Gasteiger partial charge in [0.15, 0.2) is 0 Å². The minimum Gasteiger partial charge on any atom is -0.473 e. The molecule has 1 aromatic heterocycles. The molecule has 0 bridgehead atoms. The van der Waals surface area contributed by atoms with E-state index in [1.54, 1.807) is 0 Å². The van der Waals surface area contributed by atoms with E-state index in [-0.39, 0.29) is 0 Å². The van der Waals surface area contributed by atoms with Crippen molar-refractivity contribution < 1.29 is 4.74 Å². The van der Waals surface area contributed by atoms with Gasteiger partial charge in [0.1, 0.15) is 18.8 Å². The highest BCUT2D eigenvalue weighted by Crippen LogP contribution is 2.20. The molecule has 0 unspecified atom stereocenters. The molecule has 21 heavy (non-hydrogen) atoms. The zero-order chi connectivity index (χ0) is 14.9. The molecule has 1 N–H and O–H groups in total. The number of hydrogen-bond donors (Lipinski definition) is 1. The van der Waals surface area contributed by atoms with Gasteiger partial charge in [-0.15, -0.1) is 0 Å². The van der Waals surface area contributed by atoms with Crippen molar-refractivity contribution in [3.63, 3.8) is 0 Å². The Kier molecular flexibility index (Phi) is 5.76. The third kappa shape index (κ3) is 4.60. The predicted octanol–water partition coefficient (Wildman–Crippen LogP) is 3.70. The van der Waals surface area contributed by atoms with E-state index in [0.29, 0.717) is 12.5 Å². The van der Waals surface area contributed by atoms with Crippen LogP contribution in [0.5, 0.6) is 5.88 Å². The Balaban J connectivity index is 1.92. The maximum Gasteiger partial charge on any atom is 0.221 e. The second-order valence-electron chi connectivity index (χ2n) is 4.70. The summed E-state index contributed by atoms with van der Waals surface area (Å²) in [6, 6.07) is 10.1. The van der Waals surface area contributed by atoms with E-state index in [2.05, 4.69) is 34.3 Å². The normalized spacial score (nSPS) is 10.8. The smallest absolute Gasteiger partial charge is 0.221 e. The predicted molar refractivity (Wildman–Crippen MR) is 86.5 cm³/mol. The third-order valence-corrected chi connectivity index (χ3v) is 3.01. The summed E-state index contributed by atoms with van der Waals surface area (Å²) < 4.78 is 5.70. The van der Waals surface area contributed by atoms with Crippen LogP contribution in [0.25, 0.3) is 6.08 Å². The first-order valence-electron chi connectivity index (χ1n) is 7.21. The number of anilines is 1. The van der Waals surface area contributed by atoms with Crippen molar-refractivity contribution in [3.05, 3.63) is 53.9 Å². The fourth-order valence-electron chi connectivity index (χ4n) is 1.88. The van der Waals surface area contributed by atoms with Crippen molar-refractivity contribution >= 4 is 11.9 Å². The molecule has 0 amide bonds. The minimum absolute atomic E-state index is 0.486. The van der Waals surface area contributed by atoms with E-state index in [1.807, 2.05) is 37.3 Å². The molecule has 2 aromatic rings. The van der Waals surface area contributed by atoms with Gasteiger partial charge < -0.3 is 10.1 Å². The summed E-state index contributed by atoms with van der Waals surface area (Å²) in [7, 11) is 0. The van der Waals surface area contributed by atoms with Crippen LogP contribution in [0.15, 0.2) is 42.7 Å². The largest absolute Gasteiger partial charge is 0.473 e. The topological polar surface area (TPSA) is 47.0 Å². The molecule has 0 saturated heterocycles. The van der Waals surface area contributed by atoms with Crippen molar-refractivity contribution in [1.82, 2.24) is 9.97 Å². The molecule has 2 rings (SSSR count). The summed E-state index contributed by atoms with van der Waals surface area (Å²) in [5.74, 6) is 1.47. The van der Waals surface area contributed by atoms with Crippen molar-refractivity contribution in [2.75, 3.05) is 18.5 Å². The van der Waals surface area contributed by atoms with Gasteiger partial charge in [-0.05, 0) is 25.0 Å². The minimum atomic E-state index is 0.486. The SMILES string of the molecule is CCCNc1ncnc(OC/C=C/c2ccccc2)c1C. The number of benzene rings is 1. The van der Waals surface area contributed by atoms with Gasteiger partial charge in [0.25, 0.3) is 0 Å². The zero-order valence-electron chi connectivity index (χ0n) is 12.5. The summed E-state index contributed by atoms with van der Waals surface area (Å²) in [5, 5.41) is 3.27. The van der Waals surface area contributed by atoms with Crippen molar-refractivity contribution in [2.45, 2.75) is 20.3 Å². The fourth-order valence-corrected chi connectivity index (χ4v) is 1.88. The van der Waals surface area contributed by atoms with Gasteiger partial charge in [-0.3, -0.25) is 0 Å². The lowest BCUT2D eigenvalue weighted by molar-refractivity contribution is 0.345. The molecule has 0 spiro atoms. The van der Waals surface area contributed by atoms with E-state index in [1.165, 1.54) is 6.33 Å². The van der Waals surface area contributed by atoms with Crippen LogP contribution < -0.4 is 10.1 Å². The number of rotatable bonds is 7. The van der Waals surface area contributed by atoms with Crippen LogP contribution in [0.3, 0.4) is 0 Å². The van der Waals surface area contributed by atoms with E-state index < -0.39 is 0 Å². The van der Waals surface area contributed by atoms with Crippen LogP contribution in [-0.2, 0) is 0 Å². The molecule has 0 aliphatic heterocycles. The van der Waals surface area contributed by atoms with Crippen LogP contribution in [0.1, 0.15) is 24.5 Å². The van der Waals surface area contributed by atoms with Crippen LogP contribution in [0.2, 0.25) is 0 Å². The van der Waals surface area contributed by atoms with Gasteiger partial charge in [-0.25, -0.2) is 9.97 Å². The van der Waals surface area contributed by atoms with Crippen LogP contribution in [-0.4, -0.2) is 23.1 Å².